The lowest BCUT2D eigenvalue weighted by atomic mass is 10.1. The number of carboxylic acid groups (broad SMARTS) is 1. The molecule has 0 aliphatic heterocycles. The van der Waals surface area contributed by atoms with E-state index in [0.717, 1.165) is 40.0 Å². The highest BCUT2D eigenvalue weighted by Gasteiger charge is 2.33. The van der Waals surface area contributed by atoms with Gasteiger partial charge in [0.15, 0.2) is 6.61 Å². The van der Waals surface area contributed by atoms with Crippen LogP contribution in [-0.4, -0.2) is 48.7 Å². The third-order valence-corrected chi connectivity index (χ3v) is 9.40. The number of fused-ring (bicyclic) bond motifs is 1. The first-order valence-electron chi connectivity index (χ1n) is 11.6. The highest BCUT2D eigenvalue weighted by Crippen LogP contribution is 2.37. The molecule has 0 unspecified atom stereocenters. The van der Waals surface area contributed by atoms with Gasteiger partial charge in [0.1, 0.15) is 5.75 Å². The van der Waals surface area contributed by atoms with Crippen molar-refractivity contribution >= 4 is 33.3 Å². The van der Waals surface area contributed by atoms with E-state index >= 15 is 0 Å². The van der Waals surface area contributed by atoms with Gasteiger partial charge < -0.3 is 9.84 Å². The van der Waals surface area contributed by atoms with Crippen LogP contribution in [-0.2, 0) is 21.2 Å². The molecule has 0 saturated carbocycles. The Balaban J connectivity index is 1.77. The average molecular weight is 504 g/mol. The van der Waals surface area contributed by atoms with E-state index in [-0.39, 0.29) is 11.9 Å². The number of sulfonamides is 1. The molecule has 2 aromatic carbocycles. The van der Waals surface area contributed by atoms with Crippen LogP contribution in [0.1, 0.15) is 50.3 Å². The summed E-state index contributed by atoms with van der Waals surface area (Å²) in [5.41, 5.74) is 3.80. The molecule has 0 radical (unpaired) electrons. The van der Waals surface area contributed by atoms with E-state index < -0.39 is 16.0 Å². The summed E-state index contributed by atoms with van der Waals surface area (Å²) in [5.74, 6) is -0.477. The number of hydrogen-bond donors (Lipinski definition) is 1. The Labute approximate surface area is 207 Å². The van der Waals surface area contributed by atoms with Gasteiger partial charge in [0.2, 0.25) is 10.0 Å². The van der Waals surface area contributed by atoms with Crippen LogP contribution in [0.2, 0.25) is 0 Å². The number of rotatable bonds is 12. The van der Waals surface area contributed by atoms with Crippen molar-refractivity contribution < 1.29 is 23.1 Å². The van der Waals surface area contributed by atoms with Gasteiger partial charge in [-0.1, -0.05) is 38.1 Å². The van der Waals surface area contributed by atoms with Crippen LogP contribution in [0.25, 0.3) is 5.57 Å². The maximum atomic E-state index is 13.7. The summed E-state index contributed by atoms with van der Waals surface area (Å²) in [5, 5.41) is 8.90. The van der Waals surface area contributed by atoms with Crippen LogP contribution >= 0.6 is 11.8 Å². The first kappa shape index (κ1) is 26.3. The predicted molar refractivity (Wildman–Crippen MR) is 138 cm³/mol. The van der Waals surface area contributed by atoms with Gasteiger partial charge >= 0.3 is 5.97 Å². The molecule has 0 spiro atoms. The summed E-state index contributed by atoms with van der Waals surface area (Å²) in [4.78, 5) is 12.3. The van der Waals surface area contributed by atoms with E-state index in [2.05, 4.69) is 6.92 Å². The zero-order valence-corrected chi connectivity index (χ0v) is 21.8. The maximum Gasteiger partial charge on any atom is 0.341 e. The van der Waals surface area contributed by atoms with Gasteiger partial charge in [-0.15, -0.1) is 11.8 Å². The minimum absolute atomic E-state index is 0.0798. The van der Waals surface area contributed by atoms with Gasteiger partial charge in [-0.05, 0) is 67.2 Å². The molecule has 34 heavy (non-hydrogen) atoms. The fourth-order valence-electron chi connectivity index (χ4n) is 4.16. The lowest BCUT2D eigenvalue weighted by Crippen LogP contribution is -2.38. The van der Waals surface area contributed by atoms with Crippen LogP contribution in [0.5, 0.6) is 5.75 Å². The second-order valence-electron chi connectivity index (χ2n) is 8.50. The van der Waals surface area contributed by atoms with Gasteiger partial charge in [-0.25, -0.2) is 13.2 Å². The summed E-state index contributed by atoms with van der Waals surface area (Å²) in [6.45, 7) is 8.39. The minimum Gasteiger partial charge on any atom is -0.482 e. The molecule has 0 heterocycles. The smallest absolute Gasteiger partial charge is 0.341 e. The number of carboxylic acids is 1. The van der Waals surface area contributed by atoms with Crippen LogP contribution in [0.15, 0.2) is 52.3 Å². The fraction of sp³-hybridized carbons (Fsp3) is 0.423. The lowest BCUT2D eigenvalue weighted by Gasteiger charge is -2.27. The van der Waals surface area contributed by atoms with Crippen molar-refractivity contribution in [2.75, 3.05) is 19.7 Å². The molecule has 0 saturated heterocycles. The average Bonchev–Trinajstić information content (AvgIpc) is 3.15. The Bertz CT molecular complexity index is 1170. The molecular formula is C26H33NO5S2. The molecule has 2 aromatic rings. The molecule has 1 N–H and O–H groups in total. The number of carbonyl (C=O) groups is 1. The van der Waals surface area contributed by atoms with Crippen molar-refractivity contribution in [3.8, 4) is 5.75 Å². The molecule has 184 valence electrons. The second-order valence-corrected chi connectivity index (χ2v) is 11.8. The van der Waals surface area contributed by atoms with Gasteiger partial charge in [0, 0.05) is 29.7 Å². The van der Waals surface area contributed by atoms with Crippen molar-refractivity contribution in [3.05, 3.63) is 64.1 Å². The molecule has 0 aromatic heterocycles. The Kier molecular flexibility index (Phi) is 8.84. The number of ether oxygens (including phenoxy) is 1. The number of nitrogens with zero attached hydrogens (tertiary/aromatic N) is 1. The molecule has 0 fully saturated rings. The third kappa shape index (κ3) is 6.03. The number of thioether (sulfide) groups is 1. The molecule has 1 atom stereocenters. The van der Waals surface area contributed by atoms with Crippen LogP contribution in [0.3, 0.4) is 0 Å². The SMILES string of the molecule is CCCN(C[C@@H](CC)Sc1ccc(OCC(=O)O)c(C)c1)S(=O)(=O)C1=C(C)c2ccccc2C1. The fourth-order valence-corrected chi connectivity index (χ4v) is 7.40. The molecule has 3 rings (SSSR count). The third-order valence-electron chi connectivity index (χ3n) is 5.98. The molecule has 1 aliphatic rings. The lowest BCUT2D eigenvalue weighted by molar-refractivity contribution is -0.139. The standard InChI is InChI=1S/C26H33NO5S2/c1-5-13-27(34(30,31)25-15-20-9-7-8-10-23(20)19(25)4)16-21(6-2)33-22-11-12-24(18(3)14-22)32-17-26(28)29/h7-12,14,21H,5-6,13,15-17H2,1-4H3,(H,28,29)/t21-/m1/s1. The Hall–Kier alpha value is -2.29. The minimum atomic E-state index is -3.58. The number of hydrogen-bond acceptors (Lipinski definition) is 5. The summed E-state index contributed by atoms with van der Waals surface area (Å²) in [6.07, 6.45) is 2.01. The topological polar surface area (TPSA) is 83.9 Å². The zero-order valence-electron chi connectivity index (χ0n) is 20.2. The Morgan fingerprint density at radius 2 is 1.91 bits per heavy atom. The van der Waals surface area contributed by atoms with E-state index in [4.69, 9.17) is 9.84 Å². The van der Waals surface area contributed by atoms with E-state index in [9.17, 15) is 13.2 Å². The molecule has 8 heteroatoms. The number of allylic oxidation sites excluding steroid dienone is 2. The summed E-state index contributed by atoms with van der Waals surface area (Å²) < 4.78 is 34.4. The van der Waals surface area contributed by atoms with Crippen LogP contribution in [0.4, 0.5) is 0 Å². The van der Waals surface area contributed by atoms with Crippen LogP contribution < -0.4 is 4.74 Å². The monoisotopic (exact) mass is 503 g/mol. The summed E-state index contributed by atoms with van der Waals surface area (Å²) in [7, 11) is -3.58. The quantitative estimate of drug-likeness (QED) is 0.393. The predicted octanol–water partition coefficient (Wildman–Crippen LogP) is 5.36. The van der Waals surface area contributed by atoms with E-state index in [1.165, 1.54) is 0 Å². The number of aliphatic carboxylic acids is 1. The Morgan fingerprint density at radius 1 is 1.18 bits per heavy atom. The molecule has 1 aliphatic carbocycles. The molecular weight excluding hydrogens is 470 g/mol. The Morgan fingerprint density at radius 3 is 2.53 bits per heavy atom. The highest BCUT2D eigenvalue weighted by atomic mass is 32.2. The molecule has 6 nitrogen and oxygen atoms in total. The van der Waals surface area contributed by atoms with Crippen molar-refractivity contribution in [2.24, 2.45) is 0 Å². The van der Waals surface area contributed by atoms with Gasteiger partial charge in [0.25, 0.3) is 0 Å². The summed E-state index contributed by atoms with van der Waals surface area (Å²) >= 11 is 1.64. The van der Waals surface area contributed by atoms with Crippen molar-refractivity contribution in [1.82, 2.24) is 4.31 Å². The van der Waals surface area contributed by atoms with Crippen molar-refractivity contribution in [2.45, 2.75) is 57.1 Å². The molecule has 0 bridgehead atoms. The first-order valence-corrected chi connectivity index (χ1v) is 13.9. The number of benzene rings is 2. The summed E-state index contributed by atoms with van der Waals surface area (Å²) in [6, 6.07) is 13.5. The van der Waals surface area contributed by atoms with E-state index in [1.54, 1.807) is 22.1 Å². The van der Waals surface area contributed by atoms with Crippen molar-refractivity contribution in [1.29, 1.82) is 0 Å². The van der Waals surface area contributed by atoms with Crippen molar-refractivity contribution in [3.63, 3.8) is 0 Å². The second kappa shape index (κ2) is 11.4. The first-order chi connectivity index (χ1) is 16.2. The maximum absolute atomic E-state index is 13.7. The zero-order chi connectivity index (χ0) is 24.9. The highest BCUT2D eigenvalue weighted by molar-refractivity contribution is 8.00. The number of aryl methyl sites for hydroxylation is 1. The molecule has 0 amide bonds. The van der Waals surface area contributed by atoms with Gasteiger partial charge in [-0.3, -0.25) is 0 Å². The van der Waals surface area contributed by atoms with Gasteiger partial charge in [-0.2, -0.15) is 4.31 Å². The normalized spacial score (nSPS) is 14.4. The largest absolute Gasteiger partial charge is 0.482 e. The van der Waals surface area contributed by atoms with Gasteiger partial charge in [0.05, 0.1) is 4.91 Å². The van der Waals surface area contributed by atoms with Crippen LogP contribution in [0, 0.1) is 6.92 Å². The van der Waals surface area contributed by atoms with E-state index in [1.807, 2.05) is 57.2 Å². The van der Waals surface area contributed by atoms with E-state index in [0.29, 0.717) is 30.2 Å².